The van der Waals surface area contributed by atoms with Gasteiger partial charge in [0.15, 0.2) is 0 Å². The molecule has 0 aliphatic heterocycles. The van der Waals surface area contributed by atoms with Gasteiger partial charge in [-0.1, -0.05) is 47.2 Å². The summed E-state index contributed by atoms with van der Waals surface area (Å²) < 4.78 is 1.86. The Kier molecular flexibility index (Phi) is 4.19. The fourth-order valence-electron chi connectivity index (χ4n) is 2.81. The van der Waals surface area contributed by atoms with Gasteiger partial charge in [0.05, 0.1) is 12.1 Å². The summed E-state index contributed by atoms with van der Waals surface area (Å²) in [5.74, 6) is -0.119. The first-order chi connectivity index (χ1) is 12.7. The van der Waals surface area contributed by atoms with E-state index in [1.54, 1.807) is 0 Å². The molecular formula is C21H18N4O. The van der Waals surface area contributed by atoms with Crippen molar-refractivity contribution in [2.45, 2.75) is 13.5 Å². The number of aryl methyl sites for hydroxylation is 1. The number of hydrogen-bond donors (Lipinski definition) is 1. The number of benzene rings is 3. The molecule has 5 nitrogen and oxygen atoms in total. The highest BCUT2D eigenvalue weighted by atomic mass is 16.1. The Bertz CT molecular complexity index is 1050. The first-order valence-corrected chi connectivity index (χ1v) is 8.44. The average Bonchev–Trinajstić information content (AvgIpc) is 3.07. The fraction of sp³-hybridized carbons (Fsp3) is 0.0952. The minimum absolute atomic E-state index is 0.119. The van der Waals surface area contributed by atoms with Gasteiger partial charge in [0.25, 0.3) is 5.91 Å². The topological polar surface area (TPSA) is 59.8 Å². The summed E-state index contributed by atoms with van der Waals surface area (Å²) in [7, 11) is 0. The number of para-hydroxylation sites is 1. The van der Waals surface area contributed by atoms with E-state index in [2.05, 4.69) is 15.6 Å². The minimum Gasteiger partial charge on any atom is -0.322 e. The van der Waals surface area contributed by atoms with Crippen molar-refractivity contribution in [1.82, 2.24) is 15.0 Å². The highest BCUT2D eigenvalue weighted by Gasteiger charge is 2.08. The van der Waals surface area contributed by atoms with Crippen LogP contribution in [0, 0.1) is 6.92 Å². The number of amides is 1. The molecular weight excluding hydrogens is 324 g/mol. The summed E-state index contributed by atoms with van der Waals surface area (Å²) in [6.07, 6.45) is 0. The van der Waals surface area contributed by atoms with Crippen LogP contribution in [0.25, 0.3) is 11.0 Å². The SMILES string of the molecule is Cc1ccc(NC(=O)c2ccc(Cn3nnc4ccccc43)cc2)cc1. The number of fused-ring (bicyclic) bond motifs is 1. The number of hydrogen-bond acceptors (Lipinski definition) is 3. The van der Waals surface area contributed by atoms with E-state index < -0.39 is 0 Å². The largest absolute Gasteiger partial charge is 0.322 e. The second-order valence-corrected chi connectivity index (χ2v) is 6.25. The fourth-order valence-corrected chi connectivity index (χ4v) is 2.81. The van der Waals surface area contributed by atoms with Crippen molar-refractivity contribution in [1.29, 1.82) is 0 Å². The van der Waals surface area contributed by atoms with Crippen LogP contribution in [0.2, 0.25) is 0 Å². The van der Waals surface area contributed by atoms with Crippen LogP contribution in [0.15, 0.2) is 72.8 Å². The monoisotopic (exact) mass is 342 g/mol. The van der Waals surface area contributed by atoms with Gasteiger partial charge in [-0.3, -0.25) is 4.79 Å². The molecule has 5 heteroatoms. The number of carbonyl (C=O) groups is 1. The first kappa shape index (κ1) is 16.0. The highest BCUT2D eigenvalue weighted by molar-refractivity contribution is 6.04. The molecule has 128 valence electrons. The van der Waals surface area contributed by atoms with Gasteiger partial charge in [-0.05, 0) is 48.9 Å². The molecule has 0 radical (unpaired) electrons. The van der Waals surface area contributed by atoms with Gasteiger partial charge in [0.1, 0.15) is 5.52 Å². The molecule has 1 heterocycles. The molecule has 0 aliphatic rings. The van der Waals surface area contributed by atoms with Crippen LogP contribution in [0.1, 0.15) is 21.5 Å². The molecule has 0 unspecified atom stereocenters. The number of anilines is 1. The Morgan fingerprint density at radius 2 is 1.69 bits per heavy atom. The van der Waals surface area contributed by atoms with Crippen LogP contribution >= 0.6 is 0 Å². The van der Waals surface area contributed by atoms with Crippen LogP contribution < -0.4 is 5.32 Å². The normalized spacial score (nSPS) is 10.8. The lowest BCUT2D eigenvalue weighted by Crippen LogP contribution is -2.12. The van der Waals surface area contributed by atoms with E-state index >= 15 is 0 Å². The minimum atomic E-state index is -0.119. The molecule has 0 aliphatic carbocycles. The summed E-state index contributed by atoms with van der Waals surface area (Å²) in [5, 5.41) is 11.3. The Morgan fingerprint density at radius 3 is 2.46 bits per heavy atom. The molecule has 4 aromatic rings. The molecule has 1 N–H and O–H groups in total. The van der Waals surface area contributed by atoms with Crippen molar-refractivity contribution < 1.29 is 4.79 Å². The lowest BCUT2D eigenvalue weighted by Gasteiger charge is -2.07. The van der Waals surface area contributed by atoms with Gasteiger partial charge in [-0.15, -0.1) is 5.10 Å². The smallest absolute Gasteiger partial charge is 0.255 e. The summed E-state index contributed by atoms with van der Waals surface area (Å²) >= 11 is 0. The van der Waals surface area contributed by atoms with E-state index in [0.29, 0.717) is 12.1 Å². The molecule has 0 fully saturated rings. The Morgan fingerprint density at radius 1 is 0.962 bits per heavy atom. The maximum atomic E-state index is 12.4. The number of rotatable bonds is 4. The van der Waals surface area contributed by atoms with E-state index in [1.165, 1.54) is 0 Å². The lowest BCUT2D eigenvalue weighted by molar-refractivity contribution is 0.102. The zero-order chi connectivity index (χ0) is 17.9. The van der Waals surface area contributed by atoms with Crippen molar-refractivity contribution in [3.63, 3.8) is 0 Å². The molecule has 3 aromatic carbocycles. The predicted octanol–water partition coefficient (Wildman–Crippen LogP) is 4.04. The number of nitrogens with one attached hydrogen (secondary N) is 1. The van der Waals surface area contributed by atoms with Crippen molar-refractivity contribution in [3.05, 3.63) is 89.5 Å². The zero-order valence-electron chi connectivity index (χ0n) is 14.4. The second-order valence-electron chi connectivity index (χ2n) is 6.25. The van der Waals surface area contributed by atoms with E-state index in [1.807, 2.05) is 84.4 Å². The van der Waals surface area contributed by atoms with Gasteiger partial charge < -0.3 is 5.32 Å². The van der Waals surface area contributed by atoms with E-state index in [-0.39, 0.29) is 5.91 Å². The molecule has 0 saturated carbocycles. The van der Waals surface area contributed by atoms with Crippen LogP contribution in [0.5, 0.6) is 0 Å². The lowest BCUT2D eigenvalue weighted by atomic mass is 10.1. The summed E-state index contributed by atoms with van der Waals surface area (Å²) in [4.78, 5) is 12.4. The van der Waals surface area contributed by atoms with Gasteiger partial charge >= 0.3 is 0 Å². The maximum Gasteiger partial charge on any atom is 0.255 e. The molecule has 0 atom stereocenters. The quantitative estimate of drug-likeness (QED) is 0.609. The number of aromatic nitrogens is 3. The maximum absolute atomic E-state index is 12.4. The Hall–Kier alpha value is -3.47. The van der Waals surface area contributed by atoms with Gasteiger partial charge in [-0.25, -0.2) is 4.68 Å². The Labute approximate surface area is 151 Å². The van der Waals surface area contributed by atoms with Crippen LogP contribution in [0.3, 0.4) is 0 Å². The molecule has 0 spiro atoms. The Balaban J connectivity index is 1.47. The molecule has 0 bridgehead atoms. The first-order valence-electron chi connectivity index (χ1n) is 8.44. The number of nitrogens with zero attached hydrogens (tertiary/aromatic N) is 3. The molecule has 1 aromatic heterocycles. The standard InChI is InChI=1S/C21H18N4O/c1-15-6-12-18(13-7-15)22-21(26)17-10-8-16(9-11-17)14-25-20-5-3-2-4-19(20)23-24-25/h2-13H,14H2,1H3,(H,22,26). The molecule has 26 heavy (non-hydrogen) atoms. The van der Waals surface area contributed by atoms with Crippen molar-refractivity contribution in [2.24, 2.45) is 0 Å². The van der Waals surface area contributed by atoms with Gasteiger partial charge in [0.2, 0.25) is 0 Å². The van der Waals surface area contributed by atoms with Crippen LogP contribution in [-0.2, 0) is 6.54 Å². The van der Waals surface area contributed by atoms with E-state index in [9.17, 15) is 4.79 Å². The van der Waals surface area contributed by atoms with Gasteiger partial charge in [0, 0.05) is 11.3 Å². The summed E-state index contributed by atoms with van der Waals surface area (Å²) in [5.41, 5.74) is 5.51. The van der Waals surface area contributed by atoms with Crippen LogP contribution in [-0.4, -0.2) is 20.9 Å². The van der Waals surface area contributed by atoms with Crippen molar-refractivity contribution in [2.75, 3.05) is 5.32 Å². The van der Waals surface area contributed by atoms with Crippen LogP contribution in [0.4, 0.5) is 5.69 Å². The third-order valence-electron chi connectivity index (χ3n) is 4.28. The molecule has 1 amide bonds. The van der Waals surface area contributed by atoms with Crippen molar-refractivity contribution >= 4 is 22.6 Å². The zero-order valence-corrected chi connectivity index (χ0v) is 14.4. The average molecular weight is 342 g/mol. The van der Waals surface area contributed by atoms with E-state index in [4.69, 9.17) is 0 Å². The molecule has 4 rings (SSSR count). The third-order valence-corrected chi connectivity index (χ3v) is 4.28. The highest BCUT2D eigenvalue weighted by Crippen LogP contribution is 2.14. The second kappa shape index (κ2) is 6.80. The third kappa shape index (κ3) is 3.32. The van der Waals surface area contributed by atoms with Gasteiger partial charge in [-0.2, -0.15) is 0 Å². The molecule has 0 saturated heterocycles. The predicted molar refractivity (Wildman–Crippen MR) is 102 cm³/mol. The van der Waals surface area contributed by atoms with E-state index in [0.717, 1.165) is 27.8 Å². The summed E-state index contributed by atoms with van der Waals surface area (Å²) in [6.45, 7) is 2.63. The number of carbonyl (C=O) groups excluding carboxylic acids is 1. The van der Waals surface area contributed by atoms with Crippen molar-refractivity contribution in [3.8, 4) is 0 Å². The summed E-state index contributed by atoms with van der Waals surface area (Å²) in [6, 6.07) is 23.2.